The molecule has 156 valence electrons. The van der Waals surface area contributed by atoms with Crippen molar-refractivity contribution >= 4 is 56.5 Å². The largest absolute Gasteiger partial charge is 0.389 e. The van der Waals surface area contributed by atoms with Crippen molar-refractivity contribution in [2.45, 2.75) is 6.61 Å². The Bertz CT molecular complexity index is 1550. The molecule has 0 unspecified atom stereocenters. The summed E-state index contributed by atoms with van der Waals surface area (Å²) in [6.45, 7) is -0.0749. The van der Waals surface area contributed by atoms with Crippen molar-refractivity contribution in [3.63, 3.8) is 0 Å². The normalized spacial score (nSPS) is 11.6. The fourth-order valence-electron chi connectivity index (χ4n) is 4.07. The molecule has 0 aliphatic carbocycles. The molecular formula is C23H17Cl2N3O2S. The van der Waals surface area contributed by atoms with Crippen LogP contribution in [0, 0.1) is 0 Å². The first-order valence-corrected chi connectivity index (χ1v) is 11.2. The summed E-state index contributed by atoms with van der Waals surface area (Å²) in [5.41, 5.74) is 4.63. The lowest BCUT2D eigenvalue weighted by Crippen LogP contribution is -2.20. The van der Waals surface area contributed by atoms with Gasteiger partial charge in [0.1, 0.15) is 10.7 Å². The van der Waals surface area contributed by atoms with Crippen molar-refractivity contribution in [2.75, 3.05) is 0 Å². The van der Waals surface area contributed by atoms with Gasteiger partial charge in [-0.3, -0.25) is 9.36 Å². The van der Waals surface area contributed by atoms with Gasteiger partial charge in [0.2, 0.25) is 0 Å². The van der Waals surface area contributed by atoms with Crippen LogP contribution < -0.4 is 5.56 Å². The lowest BCUT2D eigenvalue weighted by molar-refractivity contribution is 0.281. The van der Waals surface area contributed by atoms with Gasteiger partial charge in [0.25, 0.3) is 5.56 Å². The fraction of sp³-hybridized carbons (Fsp3) is 0.130. The maximum atomic E-state index is 13.2. The minimum Gasteiger partial charge on any atom is -0.389 e. The van der Waals surface area contributed by atoms with Crippen molar-refractivity contribution in [3.8, 4) is 22.4 Å². The third-order valence-electron chi connectivity index (χ3n) is 5.55. The summed E-state index contributed by atoms with van der Waals surface area (Å²) in [6, 6.07) is 13.2. The van der Waals surface area contributed by atoms with Gasteiger partial charge in [0.05, 0.1) is 22.8 Å². The second kappa shape index (κ2) is 7.50. The predicted molar refractivity (Wildman–Crippen MR) is 128 cm³/mol. The summed E-state index contributed by atoms with van der Waals surface area (Å²) >= 11 is 13.9. The number of hydrogen-bond donors (Lipinski definition) is 1. The number of pyridine rings is 1. The molecule has 3 heterocycles. The molecule has 8 heteroatoms. The number of aliphatic hydroxyl groups is 1. The molecule has 31 heavy (non-hydrogen) atoms. The highest BCUT2D eigenvalue weighted by Gasteiger charge is 2.18. The number of nitrogens with zero attached hydrogens (tertiary/aromatic N) is 3. The fourth-order valence-corrected chi connectivity index (χ4v) is 5.24. The molecule has 0 aliphatic heterocycles. The molecule has 3 aromatic heterocycles. The molecular weight excluding hydrogens is 453 g/mol. The van der Waals surface area contributed by atoms with Crippen LogP contribution in [0.1, 0.15) is 5.01 Å². The van der Waals surface area contributed by atoms with Crippen LogP contribution in [0.2, 0.25) is 10.0 Å². The van der Waals surface area contributed by atoms with Gasteiger partial charge >= 0.3 is 0 Å². The molecule has 0 aliphatic rings. The van der Waals surface area contributed by atoms with Crippen LogP contribution in [-0.2, 0) is 20.7 Å². The molecule has 0 amide bonds. The standard InChI is InChI=1S/C23H17Cl2N3O2S/c1-27-20-6-3-12(19-11-31-21(10-29)26-19)7-15(20)16-9-17(23(30)28(2)22(16)27)14-5-4-13(24)8-18(14)25/h3-9,11,29H,10H2,1-2H3. The maximum Gasteiger partial charge on any atom is 0.259 e. The smallest absolute Gasteiger partial charge is 0.259 e. The first kappa shape index (κ1) is 20.3. The van der Waals surface area contributed by atoms with E-state index >= 15 is 0 Å². The second-order valence-corrected chi connectivity index (χ2v) is 9.15. The molecule has 0 bridgehead atoms. The highest BCUT2D eigenvalue weighted by molar-refractivity contribution is 7.09. The van der Waals surface area contributed by atoms with E-state index in [-0.39, 0.29) is 12.2 Å². The summed E-state index contributed by atoms with van der Waals surface area (Å²) in [5.74, 6) is 0. The Morgan fingerprint density at radius 2 is 1.81 bits per heavy atom. The van der Waals surface area contributed by atoms with Crippen molar-refractivity contribution in [3.05, 3.63) is 73.3 Å². The average Bonchev–Trinajstić information content (AvgIpc) is 3.34. The van der Waals surface area contributed by atoms with Gasteiger partial charge < -0.3 is 9.67 Å². The SMILES string of the molecule is Cn1c(=O)c(-c2ccc(Cl)cc2Cl)cc2c3cc(-c4csc(CO)n4)ccc3n(C)c21. The lowest BCUT2D eigenvalue weighted by atomic mass is 10.0. The number of aryl methyl sites for hydroxylation is 2. The van der Waals surface area contributed by atoms with Crippen molar-refractivity contribution in [1.29, 1.82) is 0 Å². The molecule has 5 aromatic rings. The van der Waals surface area contributed by atoms with E-state index in [1.165, 1.54) is 11.3 Å². The molecule has 0 fully saturated rings. The summed E-state index contributed by atoms with van der Waals surface area (Å²) < 4.78 is 3.67. The monoisotopic (exact) mass is 469 g/mol. The van der Waals surface area contributed by atoms with Gasteiger partial charge in [-0.1, -0.05) is 35.3 Å². The minimum atomic E-state index is -0.130. The second-order valence-electron chi connectivity index (χ2n) is 7.36. The number of rotatable bonds is 3. The molecule has 0 radical (unpaired) electrons. The molecule has 0 saturated carbocycles. The third kappa shape index (κ3) is 3.18. The van der Waals surface area contributed by atoms with E-state index in [4.69, 9.17) is 23.2 Å². The highest BCUT2D eigenvalue weighted by Crippen LogP contribution is 2.35. The Labute approximate surface area is 191 Å². The number of thiazole rings is 1. The Hall–Kier alpha value is -2.64. The van der Waals surface area contributed by atoms with Crippen molar-refractivity contribution < 1.29 is 5.11 Å². The molecule has 0 atom stereocenters. The zero-order chi connectivity index (χ0) is 21.9. The van der Waals surface area contributed by atoms with Gasteiger partial charge in [-0.05, 0) is 30.3 Å². The third-order valence-corrected chi connectivity index (χ3v) is 6.93. The number of aliphatic hydroxyl groups excluding tert-OH is 1. The molecule has 0 saturated heterocycles. The maximum absolute atomic E-state index is 13.2. The zero-order valence-corrected chi connectivity index (χ0v) is 19.0. The zero-order valence-electron chi connectivity index (χ0n) is 16.7. The van der Waals surface area contributed by atoms with Gasteiger partial charge in [0.15, 0.2) is 0 Å². The topological polar surface area (TPSA) is 60.1 Å². The van der Waals surface area contributed by atoms with E-state index in [1.807, 2.05) is 35.2 Å². The van der Waals surface area contributed by atoms with E-state index in [0.29, 0.717) is 26.2 Å². The van der Waals surface area contributed by atoms with Crippen LogP contribution in [0.5, 0.6) is 0 Å². The van der Waals surface area contributed by atoms with E-state index < -0.39 is 0 Å². The molecule has 5 rings (SSSR count). The number of fused-ring (bicyclic) bond motifs is 3. The van der Waals surface area contributed by atoms with Crippen LogP contribution in [0.25, 0.3) is 44.3 Å². The summed E-state index contributed by atoms with van der Waals surface area (Å²) in [7, 11) is 3.72. The quantitative estimate of drug-likeness (QED) is 0.372. The van der Waals surface area contributed by atoms with Gasteiger partial charge in [-0.15, -0.1) is 11.3 Å². The van der Waals surface area contributed by atoms with Crippen molar-refractivity contribution in [2.24, 2.45) is 14.1 Å². The number of halogens is 2. The van der Waals surface area contributed by atoms with Crippen LogP contribution >= 0.6 is 34.5 Å². The summed E-state index contributed by atoms with van der Waals surface area (Å²) in [6.07, 6.45) is 0. The number of aromatic nitrogens is 3. The van der Waals surface area contributed by atoms with E-state index in [0.717, 1.165) is 33.2 Å². The Morgan fingerprint density at radius 3 is 2.52 bits per heavy atom. The first-order chi connectivity index (χ1) is 14.9. The molecule has 0 spiro atoms. The van der Waals surface area contributed by atoms with Crippen LogP contribution in [0.4, 0.5) is 0 Å². The number of hydrogen-bond acceptors (Lipinski definition) is 4. The van der Waals surface area contributed by atoms with Gasteiger partial charge in [0, 0.05) is 52.0 Å². The van der Waals surface area contributed by atoms with Crippen LogP contribution in [0.3, 0.4) is 0 Å². The van der Waals surface area contributed by atoms with E-state index in [9.17, 15) is 9.90 Å². The van der Waals surface area contributed by atoms with Crippen LogP contribution in [-0.4, -0.2) is 19.2 Å². The average molecular weight is 470 g/mol. The Morgan fingerprint density at radius 1 is 1.00 bits per heavy atom. The number of benzene rings is 2. The van der Waals surface area contributed by atoms with Gasteiger partial charge in [-0.25, -0.2) is 4.98 Å². The minimum absolute atomic E-state index is 0.0749. The van der Waals surface area contributed by atoms with E-state index in [2.05, 4.69) is 11.1 Å². The van der Waals surface area contributed by atoms with E-state index in [1.54, 1.807) is 29.8 Å². The highest BCUT2D eigenvalue weighted by atomic mass is 35.5. The van der Waals surface area contributed by atoms with Crippen molar-refractivity contribution in [1.82, 2.24) is 14.1 Å². The lowest BCUT2D eigenvalue weighted by Gasteiger charge is -2.09. The summed E-state index contributed by atoms with van der Waals surface area (Å²) in [5, 5.41) is 14.9. The molecule has 5 nitrogen and oxygen atoms in total. The van der Waals surface area contributed by atoms with Gasteiger partial charge in [-0.2, -0.15) is 0 Å². The molecule has 1 N–H and O–H groups in total. The Kier molecular flexibility index (Phi) is 4.90. The molecule has 2 aromatic carbocycles. The van der Waals surface area contributed by atoms with Crippen LogP contribution in [0.15, 0.2) is 52.6 Å². The summed E-state index contributed by atoms with van der Waals surface area (Å²) in [4.78, 5) is 17.7. The Balaban J connectivity index is 1.82. The first-order valence-electron chi connectivity index (χ1n) is 9.52. The predicted octanol–water partition coefficient (Wildman–Crippen LogP) is 5.62.